The Morgan fingerprint density at radius 1 is 0.278 bits per heavy atom. The van der Waals surface area contributed by atoms with E-state index in [0.29, 0.717) is 33.8 Å². The zero-order valence-electron chi connectivity index (χ0n) is 28.7. The first-order valence-electron chi connectivity index (χ1n) is 16.7. The van der Waals surface area contributed by atoms with Crippen LogP contribution in [0.3, 0.4) is 0 Å². The molecular formula is C45H30N6O3. The van der Waals surface area contributed by atoms with Gasteiger partial charge in [0.05, 0.1) is 17.1 Å². The predicted octanol–water partition coefficient (Wildman–Crippen LogP) is 5.09. The summed E-state index contributed by atoms with van der Waals surface area (Å²) in [7, 11) is 0. The van der Waals surface area contributed by atoms with E-state index in [1.807, 2.05) is 36.4 Å². The average Bonchev–Trinajstić information content (AvgIpc) is 3.19. The zero-order chi connectivity index (χ0) is 37.6. The lowest BCUT2D eigenvalue weighted by molar-refractivity contribution is 0.659. The van der Waals surface area contributed by atoms with E-state index in [1.165, 1.54) is 0 Å². The quantitative estimate of drug-likeness (QED) is 0.173. The molecule has 0 bridgehead atoms. The van der Waals surface area contributed by atoms with Gasteiger partial charge in [0.2, 0.25) is 0 Å². The summed E-state index contributed by atoms with van der Waals surface area (Å²) < 4.78 is 2.88. The molecule has 0 unspecified atom stereocenters. The lowest BCUT2D eigenvalue weighted by atomic mass is 10.1. The topological polar surface area (TPSA) is 144 Å². The summed E-state index contributed by atoms with van der Waals surface area (Å²) >= 11 is 0. The Labute approximate surface area is 310 Å². The fourth-order valence-electron chi connectivity index (χ4n) is 5.42. The fourth-order valence-corrected chi connectivity index (χ4v) is 5.42. The maximum atomic E-state index is 14.1. The number of rotatable bonds is 3. The normalized spacial score (nSPS) is 10.2. The third-order valence-corrected chi connectivity index (χ3v) is 8.31. The molecule has 0 radical (unpaired) electrons. The molecule has 0 aliphatic carbocycles. The minimum atomic E-state index is -0.839. The van der Waals surface area contributed by atoms with Crippen molar-refractivity contribution in [1.82, 2.24) is 13.7 Å². The Bertz CT molecular complexity index is 2520. The zero-order valence-corrected chi connectivity index (χ0v) is 28.7. The Morgan fingerprint density at radius 2 is 0.444 bits per heavy atom. The van der Waals surface area contributed by atoms with Crippen LogP contribution in [0.1, 0.15) is 33.4 Å². The lowest BCUT2D eigenvalue weighted by Gasteiger charge is -2.14. The number of hydrogen-bond donors (Lipinski definition) is 3. The van der Waals surface area contributed by atoms with Crippen molar-refractivity contribution in [1.29, 1.82) is 0 Å². The Kier molecular flexibility index (Phi) is 9.50. The van der Waals surface area contributed by atoms with Crippen LogP contribution in [0.5, 0.6) is 0 Å². The van der Waals surface area contributed by atoms with E-state index in [2.05, 4.69) is 35.5 Å². The number of nitrogens with zero attached hydrogens (tertiary/aromatic N) is 3. The van der Waals surface area contributed by atoms with E-state index < -0.39 is 17.1 Å². The van der Waals surface area contributed by atoms with Crippen LogP contribution in [-0.2, 0) is 0 Å². The third-order valence-electron chi connectivity index (χ3n) is 8.31. The van der Waals surface area contributed by atoms with E-state index in [0.717, 1.165) is 30.4 Å². The van der Waals surface area contributed by atoms with E-state index >= 15 is 0 Å². The number of anilines is 3. The number of hydrogen-bond acceptors (Lipinski definition) is 6. The van der Waals surface area contributed by atoms with Gasteiger partial charge in [-0.15, -0.1) is 0 Å². The van der Waals surface area contributed by atoms with Crippen molar-refractivity contribution in [2.75, 3.05) is 17.2 Å². The summed E-state index contributed by atoms with van der Waals surface area (Å²) in [6, 6.07) is 41.4. The van der Waals surface area contributed by atoms with Crippen LogP contribution in [0.4, 0.5) is 17.1 Å². The molecule has 9 nitrogen and oxygen atoms in total. The largest absolute Gasteiger partial charge is 0.399 e. The van der Waals surface area contributed by atoms with Crippen molar-refractivity contribution in [2.45, 2.75) is 0 Å². The number of nitrogens with two attached hydrogens (primary N) is 3. The van der Waals surface area contributed by atoms with Gasteiger partial charge < -0.3 is 17.2 Å². The minimum Gasteiger partial charge on any atom is -0.399 e. The van der Waals surface area contributed by atoms with E-state index in [9.17, 15) is 14.4 Å². The van der Waals surface area contributed by atoms with E-state index in [-0.39, 0.29) is 17.1 Å². The molecule has 7 aromatic rings. The minimum absolute atomic E-state index is 0.252. The van der Waals surface area contributed by atoms with E-state index in [4.69, 9.17) is 17.2 Å². The second kappa shape index (κ2) is 15.0. The summed E-state index contributed by atoms with van der Waals surface area (Å²) in [6.07, 6.45) is 0. The van der Waals surface area contributed by atoms with Crippen LogP contribution in [-0.4, -0.2) is 13.7 Å². The molecule has 54 heavy (non-hydrogen) atoms. The maximum Gasteiger partial charge on any atom is 0.345 e. The van der Waals surface area contributed by atoms with Gasteiger partial charge in [-0.25, -0.2) is 28.1 Å². The third kappa shape index (κ3) is 7.60. The smallest absolute Gasteiger partial charge is 0.345 e. The highest BCUT2D eigenvalue weighted by molar-refractivity contribution is 5.52. The Morgan fingerprint density at radius 3 is 0.630 bits per heavy atom. The molecule has 6 N–H and O–H groups in total. The molecular weight excluding hydrogens is 673 g/mol. The molecule has 0 amide bonds. The molecule has 0 saturated heterocycles. The van der Waals surface area contributed by atoms with Crippen molar-refractivity contribution in [2.24, 2.45) is 0 Å². The molecule has 0 atom stereocenters. The summed E-state index contributed by atoms with van der Waals surface area (Å²) in [5, 5.41) is 0. The average molecular weight is 703 g/mol. The highest BCUT2D eigenvalue weighted by Crippen LogP contribution is 2.12. The maximum absolute atomic E-state index is 14.1. The molecule has 9 heteroatoms. The molecule has 0 spiro atoms. The van der Waals surface area contributed by atoms with Gasteiger partial charge in [0.25, 0.3) is 0 Å². The second-order valence-corrected chi connectivity index (χ2v) is 12.1. The fraction of sp³-hybridized carbons (Fsp3) is 0. The van der Waals surface area contributed by atoms with Crippen molar-refractivity contribution >= 4 is 17.1 Å². The molecule has 1 aromatic heterocycles. The summed E-state index contributed by atoms with van der Waals surface area (Å²) in [5.41, 5.74) is 21.8. The molecule has 0 aliphatic rings. The molecule has 7 rings (SSSR count). The lowest BCUT2D eigenvalue weighted by Crippen LogP contribution is -2.52. The molecule has 0 fully saturated rings. The van der Waals surface area contributed by atoms with Crippen LogP contribution in [0, 0.1) is 35.5 Å². The van der Waals surface area contributed by atoms with Gasteiger partial charge in [0, 0.05) is 50.4 Å². The number of benzene rings is 6. The SMILES string of the molecule is Nc1ccc(C#Cc2ccc(-n3c(=O)n(-c4ccc(C#Cc5ccc(N)cc5)cc4)c(=O)n(-c4ccc(C#Cc5ccc(N)cc5)cc4)c3=O)cc2)cc1. The molecule has 0 aliphatic heterocycles. The predicted molar refractivity (Wildman–Crippen MR) is 214 cm³/mol. The van der Waals surface area contributed by atoms with Crippen molar-refractivity contribution in [3.8, 4) is 52.6 Å². The molecule has 0 saturated carbocycles. The number of aromatic nitrogens is 3. The van der Waals surface area contributed by atoms with Crippen LogP contribution in [0.15, 0.2) is 160 Å². The molecule has 6 aromatic carbocycles. The van der Waals surface area contributed by atoms with Gasteiger partial charge in [0.15, 0.2) is 0 Å². The monoisotopic (exact) mass is 702 g/mol. The highest BCUT2D eigenvalue weighted by atomic mass is 16.2. The summed E-state index contributed by atoms with van der Waals surface area (Å²) in [4.78, 5) is 42.4. The van der Waals surface area contributed by atoms with Crippen molar-refractivity contribution in [3.63, 3.8) is 0 Å². The van der Waals surface area contributed by atoms with Crippen LogP contribution in [0.25, 0.3) is 17.1 Å². The number of nitrogen functional groups attached to an aromatic ring is 3. The summed E-state index contributed by atoms with van der Waals surface area (Å²) in [5.74, 6) is 18.5. The first-order chi connectivity index (χ1) is 26.2. The molecule has 1 heterocycles. The van der Waals surface area contributed by atoms with Gasteiger partial charge in [-0.3, -0.25) is 0 Å². The van der Waals surface area contributed by atoms with Gasteiger partial charge in [-0.05, 0) is 146 Å². The van der Waals surface area contributed by atoms with Gasteiger partial charge in [-0.1, -0.05) is 35.5 Å². The van der Waals surface area contributed by atoms with Gasteiger partial charge >= 0.3 is 17.1 Å². The second-order valence-electron chi connectivity index (χ2n) is 12.1. The Balaban J connectivity index is 1.30. The van der Waals surface area contributed by atoms with Gasteiger partial charge in [0.1, 0.15) is 0 Å². The first kappa shape index (κ1) is 34.3. The van der Waals surface area contributed by atoms with Crippen LogP contribution >= 0.6 is 0 Å². The Hall–Kier alpha value is -8.19. The van der Waals surface area contributed by atoms with Crippen molar-refractivity contribution < 1.29 is 0 Å². The van der Waals surface area contributed by atoms with Crippen molar-refractivity contribution in [3.05, 3.63) is 210 Å². The summed E-state index contributed by atoms with van der Waals surface area (Å²) in [6.45, 7) is 0. The standard InChI is InChI=1S/C45H30N6O3/c46-37-19-7-31(8-20-37)1-4-34-13-25-40(26-14-34)49-43(52)50(41-27-15-35(16-28-41)5-2-32-9-21-38(47)22-10-32)45(54)51(44(49)53)42-29-17-36(18-30-42)6-3-33-11-23-39(48)24-12-33/h7-30H,46-48H2. The van der Waals surface area contributed by atoms with E-state index in [1.54, 1.807) is 109 Å². The van der Waals surface area contributed by atoms with Gasteiger partial charge in [-0.2, -0.15) is 0 Å². The van der Waals surface area contributed by atoms with Crippen LogP contribution < -0.4 is 34.3 Å². The molecule has 258 valence electrons. The van der Waals surface area contributed by atoms with Crippen LogP contribution in [0.2, 0.25) is 0 Å². The highest BCUT2D eigenvalue weighted by Gasteiger charge is 2.19. The first-order valence-corrected chi connectivity index (χ1v) is 16.7.